The highest BCUT2D eigenvalue weighted by Gasteiger charge is 2.20. The summed E-state index contributed by atoms with van der Waals surface area (Å²) < 4.78 is 0. The lowest BCUT2D eigenvalue weighted by atomic mass is 9.95. The number of thioether (sulfide) groups is 1. The lowest BCUT2D eigenvalue weighted by Gasteiger charge is -2.16. The summed E-state index contributed by atoms with van der Waals surface area (Å²) in [5.41, 5.74) is 9.25. The molecule has 0 saturated heterocycles. The monoisotopic (exact) mass is 357 g/mol. The number of aryl methyl sites for hydroxylation is 3. The van der Waals surface area contributed by atoms with Crippen LogP contribution in [0.5, 0.6) is 0 Å². The summed E-state index contributed by atoms with van der Waals surface area (Å²) >= 11 is 1.92. The van der Waals surface area contributed by atoms with Crippen LogP contribution in [0.2, 0.25) is 0 Å². The molecule has 3 aromatic rings. The largest absolute Gasteiger partial charge is 0.337 e. The van der Waals surface area contributed by atoms with Crippen LogP contribution < -0.4 is 4.90 Å². The topological polar surface area (TPSA) is 3.24 Å². The number of rotatable bonds is 3. The minimum atomic E-state index is 0.972. The molecule has 0 aliphatic carbocycles. The molecule has 0 spiro atoms. The van der Waals surface area contributed by atoms with Crippen LogP contribution in [0.15, 0.2) is 72.9 Å². The molecule has 2 heteroatoms. The molecule has 1 nitrogen and oxygen atoms in total. The van der Waals surface area contributed by atoms with Crippen LogP contribution in [0.3, 0.4) is 0 Å². The van der Waals surface area contributed by atoms with Crippen LogP contribution in [0.25, 0.3) is 16.0 Å². The van der Waals surface area contributed by atoms with Crippen molar-refractivity contribution in [2.75, 3.05) is 10.8 Å². The molecule has 0 saturated carbocycles. The van der Waals surface area contributed by atoms with Crippen LogP contribution in [0, 0.1) is 20.8 Å². The van der Waals surface area contributed by atoms with Gasteiger partial charge in [-0.3, -0.25) is 0 Å². The van der Waals surface area contributed by atoms with E-state index in [4.69, 9.17) is 0 Å². The molecule has 0 bridgehead atoms. The van der Waals surface area contributed by atoms with Gasteiger partial charge >= 0.3 is 0 Å². The van der Waals surface area contributed by atoms with E-state index in [9.17, 15) is 0 Å². The average Bonchev–Trinajstić information content (AvgIpc) is 3.11. The Labute approximate surface area is 160 Å². The van der Waals surface area contributed by atoms with E-state index in [-0.39, 0.29) is 0 Å². The number of benzene rings is 3. The van der Waals surface area contributed by atoms with E-state index in [1.165, 1.54) is 44.0 Å². The van der Waals surface area contributed by atoms with Crippen molar-refractivity contribution in [1.82, 2.24) is 0 Å². The highest BCUT2D eigenvalue weighted by atomic mass is 32.2. The summed E-state index contributed by atoms with van der Waals surface area (Å²) in [6.07, 6.45) is 2.31. The summed E-state index contributed by atoms with van der Waals surface area (Å²) in [6, 6.07) is 23.8. The molecule has 0 radical (unpaired) electrons. The van der Waals surface area contributed by atoms with Crippen LogP contribution in [0.1, 0.15) is 22.3 Å². The molecule has 1 heterocycles. The second-order valence-corrected chi connectivity index (χ2v) is 7.86. The Morgan fingerprint density at radius 3 is 2.08 bits per heavy atom. The van der Waals surface area contributed by atoms with Crippen molar-refractivity contribution < 1.29 is 0 Å². The molecule has 0 fully saturated rings. The van der Waals surface area contributed by atoms with E-state index in [1.54, 1.807) is 0 Å². The zero-order chi connectivity index (χ0) is 18.1. The first-order chi connectivity index (χ1) is 12.6. The van der Waals surface area contributed by atoms with E-state index in [0.29, 0.717) is 0 Å². The van der Waals surface area contributed by atoms with Gasteiger partial charge in [0.15, 0.2) is 0 Å². The van der Waals surface area contributed by atoms with Gasteiger partial charge in [-0.15, -0.1) is 11.8 Å². The number of hydrogen-bond acceptors (Lipinski definition) is 2. The van der Waals surface area contributed by atoms with Crippen molar-refractivity contribution in [2.45, 2.75) is 20.8 Å². The summed E-state index contributed by atoms with van der Waals surface area (Å²) in [7, 11) is 0. The Kier molecular flexibility index (Phi) is 4.60. The Hall–Kier alpha value is -2.45. The molecule has 0 N–H and O–H groups in total. The van der Waals surface area contributed by atoms with Crippen LogP contribution in [-0.4, -0.2) is 5.88 Å². The van der Waals surface area contributed by atoms with Crippen molar-refractivity contribution in [2.24, 2.45) is 0 Å². The summed E-state index contributed by atoms with van der Waals surface area (Å²) in [5.74, 6) is 0.972. The van der Waals surface area contributed by atoms with Gasteiger partial charge in [-0.1, -0.05) is 60.7 Å². The Balaban J connectivity index is 1.70. The number of para-hydroxylation sites is 1. The molecular weight excluding hydrogens is 334 g/mol. The zero-order valence-corrected chi connectivity index (χ0v) is 16.3. The SMILES string of the molecule is Cc1ccccc1N1C=C(c2c(C)cc(-c3ccccc3)cc2C)SC1. The van der Waals surface area contributed by atoms with Gasteiger partial charge in [0.2, 0.25) is 0 Å². The minimum absolute atomic E-state index is 0.972. The predicted octanol–water partition coefficient (Wildman–Crippen LogP) is 6.79. The van der Waals surface area contributed by atoms with Gasteiger partial charge in [0.25, 0.3) is 0 Å². The molecule has 130 valence electrons. The predicted molar refractivity (Wildman–Crippen MR) is 115 cm³/mol. The Morgan fingerprint density at radius 1 is 0.731 bits per heavy atom. The van der Waals surface area contributed by atoms with E-state index < -0.39 is 0 Å². The van der Waals surface area contributed by atoms with Gasteiger partial charge in [-0.05, 0) is 60.2 Å². The van der Waals surface area contributed by atoms with Gasteiger partial charge in [0, 0.05) is 16.8 Å². The minimum Gasteiger partial charge on any atom is -0.337 e. The standard InChI is InChI=1S/C24H23NS/c1-17-9-7-8-12-22(17)25-15-23(26-16-25)24-18(2)13-21(14-19(24)3)20-10-5-4-6-11-20/h4-15H,16H2,1-3H3. The third-order valence-electron chi connectivity index (χ3n) is 4.94. The van der Waals surface area contributed by atoms with Crippen LogP contribution in [-0.2, 0) is 0 Å². The zero-order valence-electron chi connectivity index (χ0n) is 15.5. The summed E-state index contributed by atoms with van der Waals surface area (Å²) in [6.45, 7) is 6.64. The maximum absolute atomic E-state index is 2.36. The van der Waals surface area contributed by atoms with Crippen molar-refractivity contribution >= 4 is 22.4 Å². The lowest BCUT2D eigenvalue weighted by Crippen LogP contribution is -2.11. The fraction of sp³-hybridized carbons (Fsp3) is 0.167. The van der Waals surface area contributed by atoms with Crippen molar-refractivity contribution in [1.29, 1.82) is 0 Å². The highest BCUT2D eigenvalue weighted by molar-refractivity contribution is 8.08. The molecule has 0 atom stereocenters. The Morgan fingerprint density at radius 2 is 1.38 bits per heavy atom. The van der Waals surface area contributed by atoms with Crippen molar-refractivity contribution in [3.8, 4) is 11.1 Å². The second-order valence-electron chi connectivity index (χ2n) is 6.87. The highest BCUT2D eigenvalue weighted by Crippen LogP contribution is 2.41. The summed E-state index contributed by atoms with van der Waals surface area (Å²) in [4.78, 5) is 3.72. The van der Waals surface area contributed by atoms with E-state index in [0.717, 1.165) is 5.88 Å². The molecule has 0 unspecified atom stereocenters. The van der Waals surface area contributed by atoms with Gasteiger partial charge in [0.05, 0.1) is 5.88 Å². The first-order valence-electron chi connectivity index (χ1n) is 8.97. The lowest BCUT2D eigenvalue weighted by molar-refractivity contribution is 1.16. The number of hydrogen-bond donors (Lipinski definition) is 0. The molecule has 4 rings (SSSR count). The molecule has 26 heavy (non-hydrogen) atoms. The number of nitrogens with zero attached hydrogens (tertiary/aromatic N) is 1. The third kappa shape index (κ3) is 3.17. The molecule has 1 aliphatic rings. The smallest absolute Gasteiger partial charge is 0.0730 e. The van der Waals surface area contributed by atoms with Gasteiger partial charge < -0.3 is 4.90 Å². The van der Waals surface area contributed by atoms with Crippen LogP contribution >= 0.6 is 11.8 Å². The maximum Gasteiger partial charge on any atom is 0.0730 e. The summed E-state index contributed by atoms with van der Waals surface area (Å²) in [5, 5.41) is 0. The van der Waals surface area contributed by atoms with Crippen molar-refractivity contribution in [3.05, 3.63) is 95.2 Å². The molecule has 1 aliphatic heterocycles. The molecule has 0 aromatic heterocycles. The average molecular weight is 358 g/mol. The second kappa shape index (κ2) is 7.05. The maximum atomic E-state index is 2.36. The molecule has 3 aromatic carbocycles. The first kappa shape index (κ1) is 17.0. The fourth-order valence-corrected chi connectivity index (χ4v) is 4.83. The van der Waals surface area contributed by atoms with Gasteiger partial charge in [-0.25, -0.2) is 0 Å². The molecular formula is C24H23NS. The first-order valence-corrected chi connectivity index (χ1v) is 9.96. The van der Waals surface area contributed by atoms with E-state index >= 15 is 0 Å². The van der Waals surface area contributed by atoms with Crippen molar-refractivity contribution in [3.63, 3.8) is 0 Å². The fourth-order valence-electron chi connectivity index (χ4n) is 3.67. The molecule has 0 amide bonds. The van der Waals surface area contributed by atoms with Gasteiger partial charge in [0.1, 0.15) is 0 Å². The Bertz CT molecular complexity index is 950. The van der Waals surface area contributed by atoms with E-state index in [1.807, 2.05) is 11.8 Å². The third-order valence-corrected chi connectivity index (χ3v) is 5.97. The normalized spacial score (nSPS) is 13.8. The van der Waals surface area contributed by atoms with Gasteiger partial charge in [-0.2, -0.15) is 0 Å². The quantitative estimate of drug-likeness (QED) is 0.508. The number of anilines is 1. The van der Waals surface area contributed by atoms with Crippen LogP contribution in [0.4, 0.5) is 5.69 Å². The van der Waals surface area contributed by atoms with E-state index in [2.05, 4.69) is 98.6 Å².